The number of nitro benzene ring substituents is 2. The lowest BCUT2D eigenvalue weighted by Crippen LogP contribution is -1.95. The minimum atomic E-state index is -0.532. The second-order valence-electron chi connectivity index (χ2n) is 5.79. The van der Waals surface area contributed by atoms with Crippen LogP contribution in [-0.4, -0.2) is 36.3 Å². The molecule has 2 aromatic rings. The number of nitrogens with zero attached hydrogens (tertiary/aromatic N) is 2. The molecule has 32 heavy (non-hydrogen) atoms. The summed E-state index contributed by atoms with van der Waals surface area (Å²) < 4.78 is 10.5. The normalized spacial score (nSPS) is 9.44. The maximum Gasteiger partial charge on any atom is 0.271 e. The van der Waals surface area contributed by atoms with Crippen LogP contribution in [0.15, 0.2) is 36.4 Å². The van der Waals surface area contributed by atoms with Crippen molar-refractivity contribution in [3.63, 3.8) is 0 Å². The number of non-ortho nitro benzene ring substituents is 2. The molecular weight excluding hydrogens is 459 g/mol. The molecule has 0 heterocycles. The number of rotatable bonds is 6. The van der Waals surface area contributed by atoms with Crippen LogP contribution in [0.3, 0.4) is 0 Å². The molecule has 0 unspecified atom stereocenters. The summed E-state index contributed by atoms with van der Waals surface area (Å²) in [4.78, 5) is 20.3. The van der Waals surface area contributed by atoms with Crippen molar-refractivity contribution < 1.29 is 19.3 Å². The topological polar surface area (TPSA) is 105 Å². The van der Waals surface area contributed by atoms with E-state index in [0.717, 1.165) is 0 Å². The zero-order chi connectivity index (χ0) is 23.3. The molecular formula is C22H14Cl2N2O6. The largest absolute Gasteiger partial charge is 0.356 e. The van der Waals surface area contributed by atoms with Gasteiger partial charge in [0.15, 0.2) is 0 Å². The van der Waals surface area contributed by atoms with E-state index in [1.807, 2.05) is 0 Å². The van der Waals surface area contributed by atoms with Gasteiger partial charge >= 0.3 is 0 Å². The van der Waals surface area contributed by atoms with Crippen molar-refractivity contribution >= 4 is 34.6 Å². The van der Waals surface area contributed by atoms with E-state index in [9.17, 15) is 20.2 Å². The third-order valence-corrected chi connectivity index (χ3v) is 4.22. The van der Waals surface area contributed by atoms with Gasteiger partial charge in [-0.15, -0.1) is 0 Å². The molecule has 0 amide bonds. The van der Waals surface area contributed by atoms with Crippen LogP contribution in [-0.2, 0) is 9.47 Å². The van der Waals surface area contributed by atoms with Gasteiger partial charge in [0, 0.05) is 35.4 Å². The molecule has 0 aliphatic heterocycles. The smallest absolute Gasteiger partial charge is 0.271 e. The summed E-state index contributed by atoms with van der Waals surface area (Å²) in [6.07, 6.45) is 0. The summed E-state index contributed by atoms with van der Waals surface area (Å²) in [5.41, 5.74) is 0.735. The molecule has 0 spiro atoms. The lowest BCUT2D eigenvalue weighted by molar-refractivity contribution is -0.385. The highest BCUT2D eigenvalue weighted by Crippen LogP contribution is 2.22. The predicted octanol–water partition coefficient (Wildman–Crippen LogP) is 4.25. The van der Waals surface area contributed by atoms with E-state index in [2.05, 4.69) is 35.5 Å². The van der Waals surface area contributed by atoms with E-state index in [1.54, 1.807) is 0 Å². The van der Waals surface area contributed by atoms with Crippen LogP contribution in [0.2, 0.25) is 10.0 Å². The molecule has 0 saturated heterocycles. The zero-order valence-corrected chi connectivity index (χ0v) is 17.9. The third kappa shape index (κ3) is 8.28. The fraction of sp³-hybridized carbons (Fsp3) is 0.182. The molecule has 162 valence electrons. The Bertz CT molecular complexity index is 1100. The van der Waals surface area contributed by atoms with Crippen LogP contribution in [0.25, 0.3) is 0 Å². The van der Waals surface area contributed by atoms with Crippen LogP contribution in [0.4, 0.5) is 11.4 Å². The van der Waals surface area contributed by atoms with Crippen molar-refractivity contribution in [2.75, 3.05) is 26.4 Å². The van der Waals surface area contributed by atoms with E-state index < -0.39 is 9.85 Å². The van der Waals surface area contributed by atoms with Crippen LogP contribution in [0.1, 0.15) is 11.1 Å². The molecule has 0 aliphatic rings. The molecule has 0 atom stereocenters. The molecule has 0 N–H and O–H groups in total. The van der Waals surface area contributed by atoms with Gasteiger partial charge in [0.25, 0.3) is 11.4 Å². The van der Waals surface area contributed by atoms with E-state index in [0.29, 0.717) is 11.1 Å². The second-order valence-corrected chi connectivity index (χ2v) is 6.60. The van der Waals surface area contributed by atoms with Gasteiger partial charge in [0.1, 0.15) is 26.4 Å². The van der Waals surface area contributed by atoms with Crippen LogP contribution in [0.5, 0.6) is 0 Å². The number of halogens is 2. The first-order valence-electron chi connectivity index (χ1n) is 8.85. The summed E-state index contributed by atoms with van der Waals surface area (Å²) in [5, 5.41) is 21.7. The molecule has 8 nitrogen and oxygen atoms in total. The molecule has 0 bridgehead atoms. The summed E-state index contributed by atoms with van der Waals surface area (Å²) in [7, 11) is 0. The van der Waals surface area contributed by atoms with E-state index in [-0.39, 0.29) is 47.8 Å². The predicted molar refractivity (Wildman–Crippen MR) is 119 cm³/mol. The lowest BCUT2D eigenvalue weighted by atomic mass is 10.2. The molecule has 0 fully saturated rings. The van der Waals surface area contributed by atoms with Crippen molar-refractivity contribution in [2.45, 2.75) is 0 Å². The van der Waals surface area contributed by atoms with Gasteiger partial charge in [-0.3, -0.25) is 20.2 Å². The average molecular weight is 473 g/mol. The summed E-state index contributed by atoms with van der Waals surface area (Å²) in [5.74, 6) is 16.5. The Hall–Kier alpha value is -3.58. The summed E-state index contributed by atoms with van der Waals surface area (Å²) >= 11 is 11.9. The Morgan fingerprint density at radius 2 is 1.06 bits per heavy atom. The number of benzene rings is 2. The van der Waals surface area contributed by atoms with Gasteiger partial charge in [0.05, 0.1) is 19.9 Å². The average Bonchev–Trinajstić information content (AvgIpc) is 2.76. The minimum absolute atomic E-state index is 0.101. The SMILES string of the molecule is O=[N+]([O-])c1ccc(C#CCOCC#CCOCC#Cc2ccc([N+](=O)[O-])cc2Cl)c(Cl)c1. The van der Waals surface area contributed by atoms with Gasteiger partial charge in [-0.1, -0.05) is 58.7 Å². The monoisotopic (exact) mass is 472 g/mol. The Kier molecular flexibility index (Phi) is 10.0. The minimum Gasteiger partial charge on any atom is -0.356 e. The maximum atomic E-state index is 10.7. The molecule has 2 rings (SSSR count). The molecule has 2 aromatic carbocycles. The van der Waals surface area contributed by atoms with Crippen LogP contribution >= 0.6 is 23.2 Å². The highest BCUT2D eigenvalue weighted by molar-refractivity contribution is 6.32. The molecule has 10 heteroatoms. The molecule has 0 aliphatic carbocycles. The van der Waals surface area contributed by atoms with Crippen LogP contribution in [0, 0.1) is 55.8 Å². The standard InChI is InChI=1S/C22H14Cl2N2O6/c23-21-15-19(25(27)28)9-7-17(21)5-3-13-31-11-1-2-12-32-14-4-6-18-8-10-20(26(29)30)16-22(18)24/h7-10,15-16H,11-14H2. The number of nitro groups is 2. The molecule has 0 aromatic heterocycles. The number of ether oxygens (including phenoxy) is 2. The van der Waals surface area contributed by atoms with Crippen molar-refractivity contribution in [1.82, 2.24) is 0 Å². The first-order valence-corrected chi connectivity index (χ1v) is 9.61. The first-order chi connectivity index (χ1) is 15.4. The lowest BCUT2D eigenvalue weighted by Gasteiger charge is -1.96. The van der Waals surface area contributed by atoms with E-state index in [1.165, 1.54) is 36.4 Å². The third-order valence-electron chi connectivity index (χ3n) is 3.60. The molecule has 0 saturated carbocycles. The van der Waals surface area contributed by atoms with Gasteiger partial charge in [-0.2, -0.15) is 0 Å². The highest BCUT2D eigenvalue weighted by Gasteiger charge is 2.08. The Balaban J connectivity index is 1.66. The molecule has 0 radical (unpaired) electrons. The van der Waals surface area contributed by atoms with Crippen molar-refractivity contribution in [1.29, 1.82) is 0 Å². The Morgan fingerprint density at radius 3 is 1.41 bits per heavy atom. The zero-order valence-electron chi connectivity index (χ0n) is 16.4. The summed E-state index contributed by atoms with van der Waals surface area (Å²) in [6.45, 7) is 0.529. The fourth-order valence-corrected chi connectivity index (χ4v) is 2.55. The van der Waals surface area contributed by atoms with Crippen molar-refractivity contribution in [3.05, 3.63) is 77.8 Å². The van der Waals surface area contributed by atoms with Gasteiger partial charge < -0.3 is 9.47 Å². The fourth-order valence-electron chi connectivity index (χ4n) is 2.11. The van der Waals surface area contributed by atoms with E-state index in [4.69, 9.17) is 32.7 Å². The Morgan fingerprint density at radius 1 is 0.688 bits per heavy atom. The Labute approximate surface area is 193 Å². The van der Waals surface area contributed by atoms with Gasteiger partial charge in [-0.05, 0) is 12.1 Å². The van der Waals surface area contributed by atoms with Gasteiger partial charge in [-0.25, -0.2) is 0 Å². The second kappa shape index (κ2) is 13.0. The highest BCUT2D eigenvalue weighted by atomic mass is 35.5. The number of hydrogen-bond acceptors (Lipinski definition) is 6. The first kappa shape index (κ1) is 24.7. The maximum absolute atomic E-state index is 10.7. The van der Waals surface area contributed by atoms with Crippen LogP contribution < -0.4 is 0 Å². The van der Waals surface area contributed by atoms with E-state index >= 15 is 0 Å². The van der Waals surface area contributed by atoms with Crippen molar-refractivity contribution in [2.24, 2.45) is 0 Å². The van der Waals surface area contributed by atoms with Gasteiger partial charge in [0.2, 0.25) is 0 Å². The quantitative estimate of drug-likeness (QED) is 0.269. The number of hydrogen-bond donors (Lipinski definition) is 0. The van der Waals surface area contributed by atoms with Crippen molar-refractivity contribution in [3.8, 4) is 35.5 Å². The summed E-state index contributed by atoms with van der Waals surface area (Å²) in [6, 6.07) is 8.08.